The van der Waals surface area contributed by atoms with Crippen molar-refractivity contribution in [3.63, 3.8) is 0 Å². The number of esters is 1. The van der Waals surface area contributed by atoms with Crippen molar-refractivity contribution in [2.45, 2.75) is 58.7 Å². The Labute approximate surface area is 141 Å². The lowest BCUT2D eigenvalue weighted by molar-refractivity contribution is -0.145. The Morgan fingerprint density at radius 1 is 1.17 bits per heavy atom. The van der Waals surface area contributed by atoms with Crippen molar-refractivity contribution in [1.82, 2.24) is 0 Å². The van der Waals surface area contributed by atoms with Crippen molar-refractivity contribution in [2.75, 3.05) is 13.2 Å². The third-order valence-corrected chi connectivity index (χ3v) is 10.2. The zero-order chi connectivity index (χ0) is 17.7. The number of ether oxygens (including phenoxy) is 2. The van der Waals surface area contributed by atoms with Crippen LogP contribution in [0.3, 0.4) is 0 Å². The maximum atomic E-state index is 11.5. The zero-order valence-corrected chi connectivity index (χ0v) is 16.4. The summed E-state index contributed by atoms with van der Waals surface area (Å²) in [6, 6.07) is 7.52. The van der Waals surface area contributed by atoms with Gasteiger partial charge in [0.25, 0.3) is 8.32 Å². The van der Waals surface area contributed by atoms with Gasteiger partial charge in [0.15, 0.2) is 12.4 Å². The molecule has 1 aromatic rings. The van der Waals surface area contributed by atoms with Crippen LogP contribution in [0, 0.1) is 0 Å². The summed E-state index contributed by atoms with van der Waals surface area (Å²) in [5, 5.41) is 0.0788. The summed E-state index contributed by atoms with van der Waals surface area (Å²) in [5.74, 6) is 0.917. The molecule has 0 amide bonds. The predicted octanol–water partition coefficient (Wildman–Crippen LogP) is 4.79. The van der Waals surface area contributed by atoms with Crippen molar-refractivity contribution in [1.29, 1.82) is 0 Å². The summed E-state index contributed by atoms with van der Waals surface area (Å²) in [6.45, 7) is 15.4. The van der Waals surface area contributed by atoms with E-state index in [0.717, 1.165) is 0 Å². The monoisotopic (exact) mass is 338 g/mol. The van der Waals surface area contributed by atoms with Gasteiger partial charge in [-0.25, -0.2) is 4.79 Å². The van der Waals surface area contributed by atoms with Crippen LogP contribution in [0.1, 0.15) is 41.5 Å². The van der Waals surface area contributed by atoms with Gasteiger partial charge in [-0.1, -0.05) is 46.8 Å². The molecule has 0 bridgehead atoms. The first-order valence-corrected chi connectivity index (χ1v) is 10.7. The van der Waals surface area contributed by atoms with Gasteiger partial charge in [0, 0.05) is 0 Å². The van der Waals surface area contributed by atoms with E-state index in [9.17, 15) is 4.79 Å². The molecule has 1 atom stereocenters. The molecule has 4 nitrogen and oxygen atoms in total. The van der Waals surface area contributed by atoms with Crippen LogP contribution in [0.4, 0.5) is 0 Å². The zero-order valence-electron chi connectivity index (χ0n) is 15.4. The maximum absolute atomic E-state index is 11.5. The van der Waals surface area contributed by atoms with Gasteiger partial charge in [-0.15, -0.1) is 0 Å². The normalized spacial score (nSPS) is 14.3. The molecule has 23 heavy (non-hydrogen) atoms. The highest BCUT2D eigenvalue weighted by Crippen LogP contribution is 2.45. The van der Waals surface area contributed by atoms with Crippen molar-refractivity contribution < 1.29 is 18.7 Å². The van der Waals surface area contributed by atoms with E-state index in [0.29, 0.717) is 23.6 Å². The van der Waals surface area contributed by atoms with E-state index in [2.05, 4.69) is 41.2 Å². The summed E-state index contributed by atoms with van der Waals surface area (Å²) in [6.07, 6.45) is 0. The molecule has 0 aliphatic carbocycles. The van der Waals surface area contributed by atoms with Gasteiger partial charge in [-0.2, -0.15) is 0 Å². The first-order valence-electron chi connectivity index (χ1n) is 8.18. The number of carbonyl (C=O) groups excluding carboxylic acids is 1. The highest BCUT2D eigenvalue weighted by molar-refractivity contribution is 6.77. The molecular weight excluding hydrogens is 308 g/mol. The molecule has 1 unspecified atom stereocenters. The fourth-order valence-electron chi connectivity index (χ4n) is 2.36. The number of rotatable bonds is 7. The summed E-state index contributed by atoms with van der Waals surface area (Å²) >= 11 is 0. The van der Waals surface area contributed by atoms with E-state index >= 15 is 0 Å². The van der Waals surface area contributed by atoms with Crippen molar-refractivity contribution in [3.8, 4) is 11.5 Å². The van der Waals surface area contributed by atoms with E-state index < -0.39 is 8.32 Å². The van der Waals surface area contributed by atoms with Crippen LogP contribution < -0.4 is 9.16 Å². The standard InChI is InChI=1S/C18H30O4Si/c1-8-20-17(19)13-21-15-11-9-10-12-16(15)22-23(7,14(2)3)18(4,5)6/h9-12,14H,8,13H2,1-7H3. The fourth-order valence-corrected chi connectivity index (χ4v) is 5.26. The molecule has 0 radical (unpaired) electrons. The van der Waals surface area contributed by atoms with Crippen LogP contribution in [0.25, 0.3) is 0 Å². The smallest absolute Gasteiger partial charge is 0.344 e. The minimum atomic E-state index is -2.07. The average Bonchev–Trinajstić information content (AvgIpc) is 2.45. The summed E-state index contributed by atoms with van der Waals surface area (Å²) in [5.41, 5.74) is 0.445. The van der Waals surface area contributed by atoms with Crippen LogP contribution in [0.15, 0.2) is 24.3 Å². The first kappa shape index (κ1) is 19.6. The molecule has 1 rings (SSSR count). The summed E-state index contributed by atoms with van der Waals surface area (Å²) < 4.78 is 17.0. The number of benzene rings is 1. The Hall–Kier alpha value is -1.49. The molecule has 0 spiro atoms. The quantitative estimate of drug-likeness (QED) is 0.529. The Kier molecular flexibility index (Phi) is 6.68. The van der Waals surface area contributed by atoms with E-state index in [-0.39, 0.29) is 17.6 Å². The number of carbonyl (C=O) groups is 1. The molecule has 0 N–H and O–H groups in total. The van der Waals surface area contributed by atoms with E-state index in [1.165, 1.54) is 0 Å². The lowest BCUT2D eigenvalue weighted by atomic mass is 10.2. The minimum Gasteiger partial charge on any atom is -0.540 e. The second-order valence-corrected chi connectivity index (χ2v) is 12.2. The van der Waals surface area contributed by atoms with Gasteiger partial charge in [-0.05, 0) is 36.2 Å². The lowest BCUT2D eigenvalue weighted by Crippen LogP contribution is -2.50. The van der Waals surface area contributed by atoms with Gasteiger partial charge in [-0.3, -0.25) is 0 Å². The fraction of sp³-hybridized carbons (Fsp3) is 0.611. The van der Waals surface area contributed by atoms with Crippen molar-refractivity contribution in [3.05, 3.63) is 24.3 Å². The molecule has 130 valence electrons. The number of hydrogen-bond acceptors (Lipinski definition) is 4. The largest absolute Gasteiger partial charge is 0.540 e. The molecule has 0 aromatic heterocycles. The van der Waals surface area contributed by atoms with Crippen LogP contribution in [0.5, 0.6) is 11.5 Å². The van der Waals surface area contributed by atoms with Gasteiger partial charge < -0.3 is 13.9 Å². The molecule has 1 aromatic carbocycles. The predicted molar refractivity (Wildman–Crippen MR) is 95.6 cm³/mol. The van der Waals surface area contributed by atoms with Crippen molar-refractivity contribution in [2.24, 2.45) is 0 Å². The number of hydrogen-bond donors (Lipinski definition) is 0. The van der Waals surface area contributed by atoms with E-state index in [4.69, 9.17) is 13.9 Å². The van der Waals surface area contributed by atoms with Gasteiger partial charge in [0.05, 0.1) is 6.61 Å². The van der Waals surface area contributed by atoms with Gasteiger partial charge in [0.2, 0.25) is 0 Å². The highest BCUT2D eigenvalue weighted by atomic mass is 28.4. The minimum absolute atomic E-state index is 0.0788. The molecule has 0 heterocycles. The second-order valence-electron chi connectivity index (χ2n) is 7.15. The molecule has 0 aliphatic heterocycles. The van der Waals surface area contributed by atoms with Gasteiger partial charge in [0.1, 0.15) is 5.75 Å². The van der Waals surface area contributed by atoms with E-state index in [1.807, 2.05) is 24.3 Å². The molecule has 0 fully saturated rings. The first-order chi connectivity index (χ1) is 10.6. The van der Waals surface area contributed by atoms with Crippen LogP contribution in [-0.2, 0) is 9.53 Å². The Bertz CT molecular complexity index is 522. The Morgan fingerprint density at radius 2 is 1.74 bits per heavy atom. The Balaban J connectivity index is 2.98. The third kappa shape index (κ3) is 4.99. The average molecular weight is 339 g/mol. The van der Waals surface area contributed by atoms with E-state index in [1.54, 1.807) is 6.92 Å². The lowest BCUT2D eigenvalue weighted by Gasteiger charge is -2.42. The molecule has 0 saturated heterocycles. The van der Waals surface area contributed by atoms with Crippen LogP contribution in [0.2, 0.25) is 17.1 Å². The second kappa shape index (κ2) is 7.86. The SMILES string of the molecule is CCOC(=O)COc1ccccc1O[Si](C)(C(C)C)C(C)(C)C. The summed E-state index contributed by atoms with van der Waals surface area (Å²) in [4.78, 5) is 11.5. The highest BCUT2D eigenvalue weighted by Gasteiger charge is 2.47. The van der Waals surface area contributed by atoms with Gasteiger partial charge >= 0.3 is 5.97 Å². The number of para-hydroxylation sites is 2. The third-order valence-electron chi connectivity index (χ3n) is 4.41. The maximum Gasteiger partial charge on any atom is 0.344 e. The molecule has 0 aliphatic rings. The molecule has 0 saturated carbocycles. The molecule has 5 heteroatoms. The van der Waals surface area contributed by atoms with Crippen LogP contribution >= 0.6 is 0 Å². The van der Waals surface area contributed by atoms with Crippen molar-refractivity contribution >= 4 is 14.3 Å². The Morgan fingerprint density at radius 3 is 2.22 bits per heavy atom. The molecular formula is C18H30O4Si. The summed E-state index contributed by atoms with van der Waals surface area (Å²) in [7, 11) is -2.07. The topological polar surface area (TPSA) is 44.8 Å². The van der Waals surface area contributed by atoms with Crippen LogP contribution in [-0.4, -0.2) is 27.5 Å².